The third kappa shape index (κ3) is 4.91. The van der Waals surface area contributed by atoms with Crippen LogP contribution in [0.1, 0.15) is 27.7 Å². The molecule has 0 saturated carbocycles. The molecular weight excluding hydrogens is 163 g/mol. The maximum atomic E-state index is 9.45. The quantitative estimate of drug-likeness (QED) is 0.522. The van der Waals surface area contributed by atoms with E-state index in [1.165, 1.54) is 0 Å². The largest absolute Gasteiger partial charge is 0.458 e. The Hall–Kier alpha value is -0.535. The van der Waals surface area contributed by atoms with Gasteiger partial charge in [-0.25, -0.2) is 0 Å². The van der Waals surface area contributed by atoms with Crippen LogP contribution in [0.2, 0.25) is 6.32 Å². The van der Waals surface area contributed by atoms with Crippen LogP contribution >= 0.6 is 0 Å². The van der Waals surface area contributed by atoms with Crippen molar-refractivity contribution in [2.45, 2.75) is 39.6 Å². The second-order valence-corrected chi connectivity index (χ2v) is 3.67. The minimum atomic E-state index is -0.747. The molecule has 2 nitrogen and oxygen atoms in total. The predicted molar refractivity (Wildman–Crippen MR) is 57.6 cm³/mol. The normalized spacial score (nSPS) is 12.1. The molecule has 0 aliphatic heterocycles. The van der Waals surface area contributed by atoms with Crippen LogP contribution in [-0.2, 0) is 4.65 Å². The summed E-state index contributed by atoms with van der Waals surface area (Å²) >= 11 is 0. The van der Waals surface area contributed by atoms with Gasteiger partial charge in [0.15, 0.2) is 0 Å². The van der Waals surface area contributed by atoms with Crippen molar-refractivity contribution in [3.05, 3.63) is 24.3 Å². The molecule has 0 aromatic heterocycles. The Morgan fingerprint density at radius 2 is 2.15 bits per heavy atom. The summed E-state index contributed by atoms with van der Waals surface area (Å²) in [6.45, 7) is 11.4. The first-order valence-corrected chi connectivity index (χ1v) is 4.53. The molecule has 0 fully saturated rings. The Bertz CT molecular complexity index is 197. The second kappa shape index (κ2) is 5.25. The van der Waals surface area contributed by atoms with E-state index < -0.39 is 12.7 Å². The van der Waals surface area contributed by atoms with Gasteiger partial charge < -0.3 is 9.68 Å². The molecule has 1 N–H and O–H groups in total. The van der Waals surface area contributed by atoms with Gasteiger partial charge in [0.25, 0.3) is 0 Å². The van der Waals surface area contributed by atoms with Crippen molar-refractivity contribution >= 4 is 7.12 Å². The maximum Gasteiger partial charge on any atom is 0.458 e. The van der Waals surface area contributed by atoms with E-state index in [0.717, 1.165) is 5.57 Å². The lowest BCUT2D eigenvalue weighted by molar-refractivity contribution is 0.119. The zero-order valence-electron chi connectivity index (χ0n) is 9.00. The fourth-order valence-corrected chi connectivity index (χ4v) is 0.741. The molecule has 0 rings (SSSR count). The highest BCUT2D eigenvalue weighted by Gasteiger charge is 2.25. The molecule has 0 aliphatic carbocycles. The number of hydrogen-bond acceptors (Lipinski definition) is 2. The van der Waals surface area contributed by atoms with Crippen molar-refractivity contribution < 1.29 is 9.68 Å². The summed E-state index contributed by atoms with van der Waals surface area (Å²) in [5.41, 5.74) is 0.452. The van der Waals surface area contributed by atoms with Crippen LogP contribution in [0, 0.1) is 0 Å². The van der Waals surface area contributed by atoms with Gasteiger partial charge in [0.1, 0.15) is 0 Å². The summed E-state index contributed by atoms with van der Waals surface area (Å²) < 4.78 is 5.41. The lowest BCUT2D eigenvalue weighted by atomic mass is 9.83. The van der Waals surface area contributed by atoms with Crippen molar-refractivity contribution in [3.63, 3.8) is 0 Å². The van der Waals surface area contributed by atoms with Crippen molar-refractivity contribution in [3.8, 4) is 0 Å². The van der Waals surface area contributed by atoms with Crippen molar-refractivity contribution in [2.75, 3.05) is 0 Å². The molecule has 0 heterocycles. The first-order valence-electron chi connectivity index (χ1n) is 4.53. The molecule has 0 bridgehead atoms. The van der Waals surface area contributed by atoms with Crippen LogP contribution in [0.25, 0.3) is 0 Å². The van der Waals surface area contributed by atoms with E-state index in [-0.39, 0.29) is 0 Å². The van der Waals surface area contributed by atoms with Gasteiger partial charge in [-0.2, -0.15) is 0 Å². The van der Waals surface area contributed by atoms with Crippen LogP contribution in [0.4, 0.5) is 0 Å². The third-order valence-corrected chi connectivity index (χ3v) is 2.03. The summed E-state index contributed by atoms with van der Waals surface area (Å²) in [4.78, 5) is 0. The van der Waals surface area contributed by atoms with Crippen LogP contribution in [0.15, 0.2) is 24.3 Å². The highest BCUT2D eigenvalue weighted by Crippen LogP contribution is 2.19. The van der Waals surface area contributed by atoms with Gasteiger partial charge in [-0.15, -0.1) is 0 Å². The Morgan fingerprint density at radius 1 is 1.62 bits per heavy atom. The van der Waals surface area contributed by atoms with Gasteiger partial charge >= 0.3 is 7.12 Å². The van der Waals surface area contributed by atoms with Crippen LogP contribution in [0.3, 0.4) is 0 Å². The molecule has 0 aromatic carbocycles. The first kappa shape index (κ1) is 12.5. The summed E-state index contributed by atoms with van der Waals surface area (Å²) in [7, 11) is -0.747. The smallest absolute Gasteiger partial charge is 0.427 e. The zero-order chi connectivity index (χ0) is 10.5. The van der Waals surface area contributed by atoms with Gasteiger partial charge in [-0.05, 0) is 27.7 Å². The average molecular weight is 182 g/mol. The fraction of sp³-hybridized carbons (Fsp3) is 0.600. The van der Waals surface area contributed by atoms with Gasteiger partial charge in [-0.3, -0.25) is 0 Å². The number of hydrogen-bond donors (Lipinski definition) is 1. The molecule has 0 atom stereocenters. The van der Waals surface area contributed by atoms with Gasteiger partial charge in [0, 0.05) is 6.32 Å². The zero-order valence-corrected chi connectivity index (χ0v) is 9.00. The Kier molecular flexibility index (Phi) is 5.03. The molecule has 0 radical (unpaired) electrons. The highest BCUT2D eigenvalue weighted by atomic mass is 16.5. The molecule has 13 heavy (non-hydrogen) atoms. The van der Waals surface area contributed by atoms with E-state index in [1.807, 2.05) is 39.8 Å². The van der Waals surface area contributed by atoms with Crippen LogP contribution in [0.5, 0.6) is 0 Å². The molecule has 0 unspecified atom stereocenters. The molecule has 0 aromatic rings. The van der Waals surface area contributed by atoms with E-state index in [1.54, 1.807) is 0 Å². The highest BCUT2D eigenvalue weighted by molar-refractivity contribution is 6.43. The van der Waals surface area contributed by atoms with Crippen molar-refractivity contribution in [1.82, 2.24) is 0 Å². The Balaban J connectivity index is 4.03. The molecule has 0 aliphatic rings. The SMILES string of the molecule is C=C(C)C(C)(C)OB(O)C/C=C\C. The molecule has 0 amide bonds. The van der Waals surface area contributed by atoms with Gasteiger partial charge in [0.05, 0.1) is 5.60 Å². The van der Waals surface area contributed by atoms with E-state index in [9.17, 15) is 5.02 Å². The van der Waals surface area contributed by atoms with Crippen LogP contribution in [-0.4, -0.2) is 17.7 Å². The lowest BCUT2D eigenvalue weighted by Gasteiger charge is -2.27. The van der Waals surface area contributed by atoms with Crippen molar-refractivity contribution in [1.29, 1.82) is 0 Å². The Morgan fingerprint density at radius 3 is 2.54 bits per heavy atom. The summed E-state index contributed by atoms with van der Waals surface area (Å²) in [6.07, 6.45) is 4.28. The topological polar surface area (TPSA) is 29.5 Å². The number of rotatable bonds is 5. The standard InChI is InChI=1S/C10H19BO2/c1-6-7-8-11(12)13-10(4,5)9(2)3/h6-7,12H,2,8H2,1,3-5H3/b7-6-. The third-order valence-electron chi connectivity index (χ3n) is 2.03. The Labute approximate surface area is 81.4 Å². The van der Waals surface area contributed by atoms with Crippen molar-refractivity contribution in [2.24, 2.45) is 0 Å². The van der Waals surface area contributed by atoms with Gasteiger partial charge in [-0.1, -0.05) is 24.3 Å². The predicted octanol–water partition coefficient (Wildman–Crippen LogP) is 2.41. The minimum Gasteiger partial charge on any atom is -0.427 e. The molecule has 0 saturated heterocycles. The van der Waals surface area contributed by atoms with Gasteiger partial charge in [0.2, 0.25) is 0 Å². The average Bonchev–Trinajstić information content (AvgIpc) is 1.99. The summed E-state index contributed by atoms with van der Waals surface area (Å²) in [5.74, 6) is 0. The molecular formula is C10H19BO2. The van der Waals surface area contributed by atoms with E-state index >= 15 is 0 Å². The van der Waals surface area contributed by atoms with E-state index in [2.05, 4.69) is 6.58 Å². The monoisotopic (exact) mass is 182 g/mol. The number of allylic oxidation sites excluding steroid dienone is 2. The molecule has 0 spiro atoms. The first-order chi connectivity index (χ1) is 5.90. The fourth-order valence-electron chi connectivity index (χ4n) is 0.741. The summed E-state index contributed by atoms with van der Waals surface area (Å²) in [6, 6.07) is 0. The lowest BCUT2D eigenvalue weighted by Crippen LogP contribution is -2.33. The second-order valence-electron chi connectivity index (χ2n) is 3.67. The molecule has 3 heteroatoms. The minimum absolute atomic E-state index is 0.457. The maximum absolute atomic E-state index is 9.45. The van der Waals surface area contributed by atoms with Crippen LogP contribution < -0.4 is 0 Å². The molecule has 74 valence electrons. The van der Waals surface area contributed by atoms with E-state index in [4.69, 9.17) is 4.65 Å². The summed E-state index contributed by atoms with van der Waals surface area (Å²) in [5, 5.41) is 9.45. The van der Waals surface area contributed by atoms with E-state index in [0.29, 0.717) is 6.32 Å².